The molecule has 3 rings (SSSR count). The Kier molecular flexibility index (Phi) is 7.03. The summed E-state index contributed by atoms with van der Waals surface area (Å²) >= 11 is 0. The lowest BCUT2D eigenvalue weighted by Crippen LogP contribution is -2.48. The van der Waals surface area contributed by atoms with Crippen LogP contribution in [0.2, 0.25) is 0 Å². The van der Waals surface area contributed by atoms with E-state index in [1.807, 2.05) is 48.7 Å². The first-order valence-electron chi connectivity index (χ1n) is 10.5. The molecular formula is C23H32N4O3. The summed E-state index contributed by atoms with van der Waals surface area (Å²) in [6.07, 6.45) is 4.80. The monoisotopic (exact) mass is 412 g/mol. The first-order chi connectivity index (χ1) is 14.4. The van der Waals surface area contributed by atoms with Gasteiger partial charge in [0.2, 0.25) is 5.91 Å². The Morgan fingerprint density at radius 1 is 1.23 bits per heavy atom. The van der Waals surface area contributed by atoms with Crippen molar-refractivity contribution in [3.63, 3.8) is 0 Å². The van der Waals surface area contributed by atoms with Crippen LogP contribution in [0, 0.1) is 0 Å². The summed E-state index contributed by atoms with van der Waals surface area (Å²) in [5.41, 5.74) is 1.76. The number of rotatable bonds is 9. The second-order valence-corrected chi connectivity index (χ2v) is 7.91. The number of hydrogen-bond donors (Lipinski definition) is 1. The van der Waals surface area contributed by atoms with Crippen molar-refractivity contribution in [2.24, 2.45) is 7.05 Å². The maximum atomic E-state index is 13.2. The lowest BCUT2D eigenvalue weighted by molar-refractivity contribution is -0.133. The number of aryl methyl sites for hydroxylation is 1. The van der Waals surface area contributed by atoms with Crippen LogP contribution in [0.4, 0.5) is 10.5 Å². The van der Waals surface area contributed by atoms with E-state index in [0.29, 0.717) is 12.2 Å². The molecule has 0 aliphatic heterocycles. The van der Waals surface area contributed by atoms with Crippen LogP contribution in [-0.4, -0.2) is 52.0 Å². The standard InChI is InChI=1S/C23H32N4O3/c1-5-17(2)26(23(29)24-18-8-12-21(30-4)13-9-18)16-22(28)27(19-10-11-19)15-20-7-6-14-25(20)3/h6-9,12-14,17,19H,5,10-11,15-16H2,1-4H3,(H,24,29)/t17-/m1/s1. The maximum Gasteiger partial charge on any atom is 0.322 e. The molecule has 0 spiro atoms. The highest BCUT2D eigenvalue weighted by atomic mass is 16.5. The number of benzene rings is 1. The SMILES string of the molecule is CC[C@@H](C)N(CC(=O)N(Cc1cccn1C)C1CC1)C(=O)Nc1ccc(OC)cc1. The van der Waals surface area contributed by atoms with Crippen LogP contribution in [0.1, 0.15) is 38.8 Å². The van der Waals surface area contributed by atoms with Crippen molar-refractivity contribution in [3.8, 4) is 5.75 Å². The summed E-state index contributed by atoms with van der Waals surface area (Å²) in [7, 11) is 3.59. The summed E-state index contributed by atoms with van der Waals surface area (Å²) < 4.78 is 7.19. The lowest BCUT2D eigenvalue weighted by atomic mass is 10.2. The molecule has 0 saturated heterocycles. The van der Waals surface area contributed by atoms with Gasteiger partial charge in [-0.1, -0.05) is 6.92 Å². The van der Waals surface area contributed by atoms with Gasteiger partial charge in [0.15, 0.2) is 0 Å². The number of amides is 3. The summed E-state index contributed by atoms with van der Waals surface area (Å²) in [4.78, 5) is 29.8. The van der Waals surface area contributed by atoms with Crippen LogP contribution < -0.4 is 10.1 Å². The van der Waals surface area contributed by atoms with E-state index in [2.05, 4.69) is 5.32 Å². The second-order valence-electron chi connectivity index (χ2n) is 7.91. The summed E-state index contributed by atoms with van der Waals surface area (Å²) in [6.45, 7) is 4.63. The first kappa shape index (κ1) is 21.7. The fraction of sp³-hybridized carbons (Fsp3) is 0.478. The Labute approximate surface area is 178 Å². The zero-order valence-corrected chi connectivity index (χ0v) is 18.3. The minimum atomic E-state index is -0.266. The van der Waals surface area contributed by atoms with Crippen molar-refractivity contribution in [1.82, 2.24) is 14.4 Å². The molecule has 1 aromatic heterocycles. The van der Waals surface area contributed by atoms with Gasteiger partial charge in [-0.15, -0.1) is 0 Å². The molecule has 1 aliphatic carbocycles. The lowest BCUT2D eigenvalue weighted by Gasteiger charge is -2.31. The zero-order valence-electron chi connectivity index (χ0n) is 18.3. The van der Waals surface area contributed by atoms with E-state index in [0.717, 1.165) is 30.7 Å². The van der Waals surface area contributed by atoms with Crippen LogP contribution in [-0.2, 0) is 18.4 Å². The zero-order chi connectivity index (χ0) is 21.7. The fourth-order valence-electron chi connectivity index (χ4n) is 3.40. The number of methoxy groups -OCH3 is 1. The van der Waals surface area contributed by atoms with Crippen LogP contribution >= 0.6 is 0 Å². The Hall–Kier alpha value is -2.96. The highest BCUT2D eigenvalue weighted by molar-refractivity contribution is 5.92. The third-order valence-corrected chi connectivity index (χ3v) is 5.72. The van der Waals surface area contributed by atoms with Gasteiger partial charge in [-0.2, -0.15) is 0 Å². The van der Waals surface area contributed by atoms with Gasteiger partial charge in [-0.3, -0.25) is 4.79 Å². The molecule has 3 amide bonds. The smallest absolute Gasteiger partial charge is 0.322 e. The molecule has 30 heavy (non-hydrogen) atoms. The summed E-state index contributed by atoms with van der Waals surface area (Å²) in [5.74, 6) is 0.714. The van der Waals surface area contributed by atoms with Gasteiger partial charge in [0.25, 0.3) is 0 Å². The van der Waals surface area contributed by atoms with Crippen LogP contribution in [0.5, 0.6) is 5.75 Å². The molecule has 7 nitrogen and oxygen atoms in total. The fourth-order valence-corrected chi connectivity index (χ4v) is 3.40. The molecule has 1 fully saturated rings. The third-order valence-electron chi connectivity index (χ3n) is 5.72. The number of ether oxygens (including phenoxy) is 1. The van der Waals surface area contributed by atoms with Crippen LogP contribution in [0.25, 0.3) is 0 Å². The Morgan fingerprint density at radius 3 is 2.47 bits per heavy atom. The van der Waals surface area contributed by atoms with Crippen LogP contribution in [0.15, 0.2) is 42.6 Å². The normalized spacial score (nSPS) is 14.1. The summed E-state index contributed by atoms with van der Waals surface area (Å²) in [5, 5.41) is 2.91. The number of aromatic nitrogens is 1. The topological polar surface area (TPSA) is 66.8 Å². The molecular weight excluding hydrogens is 380 g/mol. The number of carbonyl (C=O) groups is 2. The maximum absolute atomic E-state index is 13.2. The van der Waals surface area contributed by atoms with Crippen molar-refractivity contribution in [3.05, 3.63) is 48.3 Å². The Bertz CT molecular complexity index is 858. The predicted octanol–water partition coefficient (Wildman–Crippen LogP) is 3.86. The third kappa shape index (κ3) is 5.34. The number of urea groups is 1. The number of carbonyl (C=O) groups excluding carboxylic acids is 2. The second kappa shape index (κ2) is 9.69. The van der Waals surface area contributed by atoms with Crippen molar-refractivity contribution in [2.75, 3.05) is 19.0 Å². The van der Waals surface area contributed by atoms with E-state index in [9.17, 15) is 9.59 Å². The predicted molar refractivity (Wildman–Crippen MR) is 117 cm³/mol. The van der Waals surface area contributed by atoms with Gasteiger partial charge in [0.05, 0.1) is 13.7 Å². The van der Waals surface area contributed by atoms with Crippen LogP contribution in [0.3, 0.4) is 0 Å². The van der Waals surface area contributed by atoms with E-state index in [-0.39, 0.29) is 30.6 Å². The Morgan fingerprint density at radius 2 is 1.93 bits per heavy atom. The van der Waals surface area contributed by atoms with E-state index in [1.165, 1.54) is 0 Å². The number of nitrogens with zero attached hydrogens (tertiary/aromatic N) is 3. The van der Waals surface area contributed by atoms with E-state index in [1.54, 1.807) is 36.3 Å². The molecule has 0 radical (unpaired) electrons. The average Bonchev–Trinajstić information content (AvgIpc) is 3.51. The van der Waals surface area contributed by atoms with Gasteiger partial charge in [-0.25, -0.2) is 4.79 Å². The molecule has 1 N–H and O–H groups in total. The number of anilines is 1. The van der Waals surface area contributed by atoms with Crippen molar-refractivity contribution in [1.29, 1.82) is 0 Å². The van der Waals surface area contributed by atoms with Gasteiger partial charge >= 0.3 is 6.03 Å². The molecule has 1 saturated carbocycles. The molecule has 1 atom stereocenters. The quantitative estimate of drug-likeness (QED) is 0.680. The van der Waals surface area contributed by atoms with E-state index < -0.39 is 0 Å². The highest BCUT2D eigenvalue weighted by Gasteiger charge is 2.34. The first-order valence-corrected chi connectivity index (χ1v) is 10.5. The summed E-state index contributed by atoms with van der Waals surface area (Å²) in [6, 6.07) is 11.1. The van der Waals surface area contributed by atoms with Crippen molar-refractivity contribution in [2.45, 2.75) is 51.7 Å². The molecule has 2 aromatic rings. The molecule has 1 aromatic carbocycles. The minimum absolute atomic E-state index is 0.0103. The molecule has 162 valence electrons. The molecule has 7 heteroatoms. The van der Waals surface area contributed by atoms with E-state index >= 15 is 0 Å². The van der Waals surface area contributed by atoms with Gasteiger partial charge in [-0.05, 0) is 62.6 Å². The van der Waals surface area contributed by atoms with Gasteiger partial charge < -0.3 is 24.4 Å². The van der Waals surface area contributed by atoms with Gasteiger partial charge in [0, 0.05) is 36.7 Å². The number of hydrogen-bond acceptors (Lipinski definition) is 3. The van der Waals surface area contributed by atoms with Gasteiger partial charge in [0.1, 0.15) is 12.3 Å². The Balaban J connectivity index is 1.69. The van der Waals surface area contributed by atoms with Crippen molar-refractivity contribution < 1.29 is 14.3 Å². The average molecular weight is 413 g/mol. The largest absolute Gasteiger partial charge is 0.497 e. The highest BCUT2D eigenvalue weighted by Crippen LogP contribution is 2.29. The molecule has 0 bridgehead atoms. The molecule has 1 heterocycles. The molecule has 0 unspecified atom stereocenters. The number of nitrogens with one attached hydrogen (secondary N) is 1. The van der Waals surface area contributed by atoms with Crippen molar-refractivity contribution >= 4 is 17.6 Å². The van der Waals surface area contributed by atoms with E-state index in [4.69, 9.17) is 4.74 Å². The minimum Gasteiger partial charge on any atom is -0.497 e. The molecule has 1 aliphatic rings.